The van der Waals surface area contributed by atoms with Gasteiger partial charge in [0.25, 0.3) is 0 Å². The summed E-state index contributed by atoms with van der Waals surface area (Å²) in [7, 11) is 0. The monoisotopic (exact) mass is 279 g/mol. The van der Waals surface area contributed by atoms with Crippen molar-refractivity contribution in [1.82, 2.24) is 14.8 Å². The Morgan fingerprint density at radius 1 is 1.26 bits per heavy atom. The zero-order valence-corrected chi connectivity index (χ0v) is 11.5. The second-order valence-corrected chi connectivity index (χ2v) is 6.99. The van der Waals surface area contributed by atoms with Crippen LogP contribution in [0.3, 0.4) is 0 Å². The maximum atomic E-state index is 10.7. The molecule has 1 aromatic rings. The van der Waals surface area contributed by atoms with Gasteiger partial charge in [0.05, 0.1) is 5.75 Å². The molecule has 3 aliphatic rings. The molecule has 0 aliphatic heterocycles. The van der Waals surface area contributed by atoms with Gasteiger partial charge < -0.3 is 9.67 Å². The van der Waals surface area contributed by atoms with E-state index < -0.39 is 5.97 Å². The lowest BCUT2D eigenvalue weighted by Gasteiger charge is -2.14. The van der Waals surface area contributed by atoms with Crippen LogP contribution in [0.1, 0.15) is 49.9 Å². The molecule has 102 valence electrons. The lowest BCUT2D eigenvalue weighted by Crippen LogP contribution is -2.09. The Hall–Kier alpha value is -1.04. The number of carbonyl (C=O) groups is 1. The second kappa shape index (κ2) is 4.23. The van der Waals surface area contributed by atoms with Crippen molar-refractivity contribution >= 4 is 17.7 Å². The topological polar surface area (TPSA) is 68.0 Å². The number of hydrogen-bond donors (Lipinski definition) is 1. The molecule has 0 spiro atoms. The molecule has 1 N–H and O–H groups in total. The average molecular weight is 279 g/mol. The maximum Gasteiger partial charge on any atom is 0.313 e. The van der Waals surface area contributed by atoms with Crippen LogP contribution in [0.15, 0.2) is 5.16 Å². The van der Waals surface area contributed by atoms with Crippen molar-refractivity contribution in [1.29, 1.82) is 0 Å². The van der Waals surface area contributed by atoms with Gasteiger partial charge in [0.15, 0.2) is 5.16 Å². The third-order valence-corrected chi connectivity index (χ3v) is 5.46. The molecule has 2 atom stereocenters. The predicted molar refractivity (Wildman–Crippen MR) is 70.2 cm³/mol. The summed E-state index contributed by atoms with van der Waals surface area (Å²) in [6, 6.07) is 0.526. The summed E-state index contributed by atoms with van der Waals surface area (Å²) < 4.78 is 2.24. The van der Waals surface area contributed by atoms with Crippen molar-refractivity contribution in [3.63, 3.8) is 0 Å². The van der Waals surface area contributed by atoms with E-state index in [9.17, 15) is 4.79 Å². The van der Waals surface area contributed by atoms with Crippen molar-refractivity contribution in [2.45, 2.75) is 49.2 Å². The first kappa shape index (κ1) is 11.8. The third kappa shape index (κ3) is 2.16. The molecule has 0 aromatic carbocycles. The number of aromatic nitrogens is 3. The normalized spacial score (nSPS) is 32.3. The van der Waals surface area contributed by atoms with Crippen LogP contribution in [0.5, 0.6) is 0 Å². The van der Waals surface area contributed by atoms with Crippen LogP contribution in [0.4, 0.5) is 0 Å². The van der Waals surface area contributed by atoms with Crippen molar-refractivity contribution in [2.24, 2.45) is 11.8 Å². The van der Waals surface area contributed by atoms with Crippen molar-refractivity contribution in [3.05, 3.63) is 5.82 Å². The molecule has 3 aliphatic carbocycles. The summed E-state index contributed by atoms with van der Waals surface area (Å²) in [5.74, 6) is 2.84. The van der Waals surface area contributed by atoms with Gasteiger partial charge in [-0.25, -0.2) is 0 Å². The van der Waals surface area contributed by atoms with E-state index in [1.807, 2.05) is 0 Å². The van der Waals surface area contributed by atoms with Crippen LogP contribution in [-0.4, -0.2) is 31.6 Å². The summed E-state index contributed by atoms with van der Waals surface area (Å²) in [5.41, 5.74) is 0. The van der Waals surface area contributed by atoms with Gasteiger partial charge in [0.2, 0.25) is 0 Å². The molecule has 0 bridgehead atoms. The third-order valence-electron chi connectivity index (χ3n) is 4.54. The minimum atomic E-state index is -0.793. The molecular weight excluding hydrogens is 262 g/mol. The Morgan fingerprint density at radius 2 is 2.00 bits per heavy atom. The Labute approximate surface area is 115 Å². The molecule has 3 fully saturated rings. The number of carboxylic acids is 1. The summed E-state index contributed by atoms with van der Waals surface area (Å²) in [4.78, 5) is 10.7. The molecule has 5 nitrogen and oxygen atoms in total. The van der Waals surface area contributed by atoms with E-state index >= 15 is 0 Å². The van der Waals surface area contributed by atoms with Crippen LogP contribution in [0.25, 0.3) is 0 Å². The van der Waals surface area contributed by atoms with E-state index in [0.717, 1.165) is 22.8 Å². The van der Waals surface area contributed by atoms with Gasteiger partial charge in [-0.3, -0.25) is 4.79 Å². The quantitative estimate of drug-likeness (QED) is 0.838. The van der Waals surface area contributed by atoms with Crippen molar-refractivity contribution in [2.75, 3.05) is 5.75 Å². The number of aliphatic carboxylic acids is 1. The summed E-state index contributed by atoms with van der Waals surface area (Å²) in [6.45, 7) is 0. The lowest BCUT2D eigenvalue weighted by molar-refractivity contribution is -0.133. The van der Waals surface area contributed by atoms with Gasteiger partial charge in [0, 0.05) is 12.0 Å². The molecule has 1 aromatic heterocycles. The summed E-state index contributed by atoms with van der Waals surface area (Å²) in [6.07, 6.45) is 6.31. The first-order valence-corrected chi connectivity index (χ1v) is 8.00. The molecule has 1 heterocycles. The van der Waals surface area contributed by atoms with E-state index in [0.29, 0.717) is 12.0 Å². The fraction of sp³-hybridized carbons (Fsp3) is 0.769. The molecule has 0 amide bonds. The van der Waals surface area contributed by atoms with Gasteiger partial charge >= 0.3 is 5.97 Å². The van der Waals surface area contributed by atoms with Crippen molar-refractivity contribution in [3.8, 4) is 0 Å². The van der Waals surface area contributed by atoms with Gasteiger partial charge in [-0.2, -0.15) is 0 Å². The van der Waals surface area contributed by atoms with Crippen LogP contribution in [0, 0.1) is 11.8 Å². The zero-order chi connectivity index (χ0) is 13.0. The standard InChI is InChI=1S/C13H17N3O2S/c17-11(18)6-19-13-15-14-12(16(13)10-1-2-10)9-4-7-3-8(7)5-9/h7-10H,1-6H2,(H,17,18). The SMILES string of the molecule is O=C(O)CSc1nnc(C2CC3CC3C2)n1C1CC1. The van der Waals surface area contributed by atoms with Gasteiger partial charge in [-0.05, 0) is 43.9 Å². The Balaban J connectivity index is 1.58. The lowest BCUT2D eigenvalue weighted by atomic mass is 10.0. The van der Waals surface area contributed by atoms with E-state index in [2.05, 4.69) is 14.8 Å². The van der Waals surface area contributed by atoms with Crippen molar-refractivity contribution < 1.29 is 9.90 Å². The van der Waals surface area contributed by atoms with Gasteiger partial charge in [-0.1, -0.05) is 11.8 Å². The number of carboxylic acid groups (broad SMARTS) is 1. The molecule has 3 saturated carbocycles. The molecular formula is C13H17N3O2S. The van der Waals surface area contributed by atoms with Gasteiger partial charge in [-0.15, -0.1) is 10.2 Å². The highest BCUT2D eigenvalue weighted by Crippen LogP contribution is 2.58. The van der Waals surface area contributed by atoms with Crippen LogP contribution < -0.4 is 0 Å². The fourth-order valence-electron chi connectivity index (χ4n) is 3.39. The summed E-state index contributed by atoms with van der Waals surface area (Å²) >= 11 is 1.30. The Morgan fingerprint density at radius 3 is 2.63 bits per heavy atom. The smallest absolute Gasteiger partial charge is 0.313 e. The average Bonchev–Trinajstić information content (AvgIpc) is 3.28. The maximum absolute atomic E-state index is 10.7. The number of fused-ring (bicyclic) bond motifs is 1. The fourth-order valence-corrected chi connectivity index (χ4v) is 4.13. The number of rotatable bonds is 5. The largest absolute Gasteiger partial charge is 0.481 e. The molecule has 4 rings (SSSR count). The van der Waals surface area contributed by atoms with Crippen LogP contribution in [0.2, 0.25) is 0 Å². The van der Waals surface area contributed by atoms with Crippen LogP contribution >= 0.6 is 11.8 Å². The van der Waals surface area contributed by atoms with E-state index in [4.69, 9.17) is 5.11 Å². The first-order valence-electron chi connectivity index (χ1n) is 7.01. The number of thioether (sulfide) groups is 1. The van der Waals surface area contributed by atoms with E-state index in [1.54, 1.807) is 0 Å². The first-order chi connectivity index (χ1) is 9.22. The van der Waals surface area contributed by atoms with E-state index in [-0.39, 0.29) is 5.75 Å². The highest BCUT2D eigenvalue weighted by molar-refractivity contribution is 7.99. The van der Waals surface area contributed by atoms with Gasteiger partial charge in [0.1, 0.15) is 5.82 Å². The van der Waals surface area contributed by atoms with E-state index in [1.165, 1.54) is 43.9 Å². The second-order valence-electron chi connectivity index (χ2n) is 6.05. The minimum Gasteiger partial charge on any atom is -0.481 e. The highest BCUT2D eigenvalue weighted by atomic mass is 32.2. The zero-order valence-electron chi connectivity index (χ0n) is 10.7. The highest BCUT2D eigenvalue weighted by Gasteiger charge is 2.48. The molecule has 2 unspecified atom stereocenters. The molecule has 19 heavy (non-hydrogen) atoms. The minimum absolute atomic E-state index is 0.0702. The number of nitrogens with zero attached hydrogens (tertiary/aromatic N) is 3. The molecule has 0 saturated heterocycles. The Bertz CT molecular complexity index is 516. The predicted octanol–water partition coefficient (Wildman–Crippen LogP) is 2.30. The molecule has 0 radical (unpaired) electrons. The summed E-state index contributed by atoms with van der Waals surface area (Å²) in [5, 5.41) is 18.2. The molecule has 6 heteroatoms. The Kier molecular flexibility index (Phi) is 2.62. The van der Waals surface area contributed by atoms with Crippen LogP contribution in [-0.2, 0) is 4.79 Å². The number of hydrogen-bond acceptors (Lipinski definition) is 4.